The molecule has 1 aliphatic heterocycles. The molecule has 17 heavy (non-hydrogen) atoms. The van der Waals surface area contributed by atoms with Crippen molar-refractivity contribution in [1.82, 2.24) is 4.98 Å². The van der Waals surface area contributed by atoms with Gasteiger partial charge in [-0.15, -0.1) is 0 Å². The molecule has 0 fully saturated rings. The van der Waals surface area contributed by atoms with E-state index < -0.39 is 0 Å². The molecule has 1 aromatic heterocycles. The number of aromatic nitrogens is 1. The lowest BCUT2D eigenvalue weighted by molar-refractivity contribution is 0.221. The van der Waals surface area contributed by atoms with E-state index in [0.29, 0.717) is 5.92 Å². The third-order valence-corrected chi connectivity index (χ3v) is 3.20. The second kappa shape index (κ2) is 4.58. The van der Waals surface area contributed by atoms with E-state index in [1.165, 1.54) is 11.1 Å². The minimum absolute atomic E-state index is 0.564. The van der Waals surface area contributed by atoms with Crippen LogP contribution in [0.4, 0.5) is 0 Å². The van der Waals surface area contributed by atoms with Gasteiger partial charge < -0.3 is 4.74 Å². The number of ether oxygens (including phenoxy) is 1. The average molecular weight is 225 g/mol. The number of fused-ring (bicyclic) bond motifs is 1. The van der Waals surface area contributed by atoms with Crippen LogP contribution in [0.5, 0.6) is 5.75 Å². The molecular formula is C15H15NO. The quantitative estimate of drug-likeness (QED) is 0.784. The van der Waals surface area contributed by atoms with Crippen LogP contribution in [-0.4, -0.2) is 11.6 Å². The van der Waals surface area contributed by atoms with Crippen molar-refractivity contribution in [3.63, 3.8) is 0 Å². The number of pyridine rings is 1. The Kier molecular flexibility index (Phi) is 2.78. The summed E-state index contributed by atoms with van der Waals surface area (Å²) in [5, 5.41) is 0. The maximum absolute atomic E-state index is 5.79. The summed E-state index contributed by atoms with van der Waals surface area (Å²) in [4.78, 5) is 4.15. The second-order valence-corrected chi connectivity index (χ2v) is 4.55. The zero-order valence-electron chi connectivity index (χ0n) is 9.67. The first-order chi connectivity index (χ1) is 8.42. The van der Waals surface area contributed by atoms with E-state index in [-0.39, 0.29) is 0 Å². The first-order valence-corrected chi connectivity index (χ1v) is 6.01. The Morgan fingerprint density at radius 1 is 1.18 bits per heavy atom. The molecule has 0 bridgehead atoms. The van der Waals surface area contributed by atoms with Crippen LogP contribution in [-0.2, 0) is 12.8 Å². The Hall–Kier alpha value is -1.83. The van der Waals surface area contributed by atoms with Crippen molar-refractivity contribution >= 4 is 0 Å². The molecule has 2 nitrogen and oxygen atoms in total. The lowest BCUT2D eigenvalue weighted by atomic mass is 9.91. The van der Waals surface area contributed by atoms with Gasteiger partial charge in [-0.05, 0) is 36.1 Å². The van der Waals surface area contributed by atoms with Gasteiger partial charge in [-0.1, -0.05) is 24.3 Å². The molecule has 0 amide bonds. The lowest BCUT2D eigenvalue weighted by Gasteiger charge is -2.25. The predicted molar refractivity (Wildman–Crippen MR) is 67.1 cm³/mol. The molecule has 0 saturated heterocycles. The zero-order chi connectivity index (χ0) is 11.5. The van der Waals surface area contributed by atoms with E-state index in [9.17, 15) is 0 Å². The second-order valence-electron chi connectivity index (χ2n) is 4.55. The van der Waals surface area contributed by atoms with Gasteiger partial charge in [-0.25, -0.2) is 0 Å². The zero-order valence-corrected chi connectivity index (χ0v) is 9.67. The van der Waals surface area contributed by atoms with Gasteiger partial charge in [0.05, 0.1) is 6.61 Å². The fourth-order valence-electron chi connectivity index (χ4n) is 2.37. The number of nitrogens with zero attached hydrogens (tertiary/aromatic N) is 1. The van der Waals surface area contributed by atoms with Gasteiger partial charge >= 0.3 is 0 Å². The highest BCUT2D eigenvalue weighted by Gasteiger charge is 2.19. The molecule has 2 heterocycles. The van der Waals surface area contributed by atoms with Crippen LogP contribution in [0.25, 0.3) is 0 Å². The minimum Gasteiger partial charge on any atom is -0.493 e. The van der Waals surface area contributed by atoms with Crippen LogP contribution < -0.4 is 4.74 Å². The summed E-state index contributed by atoms with van der Waals surface area (Å²) < 4.78 is 5.79. The van der Waals surface area contributed by atoms with E-state index in [0.717, 1.165) is 25.2 Å². The molecule has 2 heteroatoms. The van der Waals surface area contributed by atoms with Crippen LogP contribution in [0.1, 0.15) is 11.1 Å². The highest BCUT2D eigenvalue weighted by Crippen LogP contribution is 2.28. The summed E-state index contributed by atoms with van der Waals surface area (Å²) in [6.07, 6.45) is 5.91. The maximum atomic E-state index is 5.79. The predicted octanol–water partition coefficient (Wildman–Crippen LogP) is 2.88. The number of rotatable bonds is 2. The maximum Gasteiger partial charge on any atom is 0.122 e. The summed E-state index contributed by atoms with van der Waals surface area (Å²) in [5.74, 6) is 1.61. The van der Waals surface area contributed by atoms with Crippen molar-refractivity contribution in [2.24, 2.45) is 5.92 Å². The fraction of sp³-hybridized carbons (Fsp3) is 0.267. The number of para-hydroxylation sites is 1. The SMILES string of the molecule is c1cncc(C[C@@H]2COc3ccccc3C2)c1. The van der Waals surface area contributed by atoms with Gasteiger partial charge in [-0.3, -0.25) is 4.98 Å². The van der Waals surface area contributed by atoms with Gasteiger partial charge in [0.15, 0.2) is 0 Å². The highest BCUT2D eigenvalue weighted by molar-refractivity contribution is 5.35. The van der Waals surface area contributed by atoms with Crippen molar-refractivity contribution in [1.29, 1.82) is 0 Å². The van der Waals surface area contributed by atoms with Crippen LogP contribution in [0.15, 0.2) is 48.8 Å². The molecule has 0 spiro atoms. The van der Waals surface area contributed by atoms with Crippen molar-refractivity contribution in [3.8, 4) is 5.75 Å². The van der Waals surface area contributed by atoms with Crippen molar-refractivity contribution < 1.29 is 4.74 Å². The number of benzene rings is 1. The van der Waals surface area contributed by atoms with Gasteiger partial charge in [-0.2, -0.15) is 0 Å². The lowest BCUT2D eigenvalue weighted by Crippen LogP contribution is -2.22. The summed E-state index contributed by atoms with van der Waals surface area (Å²) in [6, 6.07) is 12.4. The minimum atomic E-state index is 0.564. The molecular weight excluding hydrogens is 210 g/mol. The molecule has 1 aromatic carbocycles. The number of hydrogen-bond acceptors (Lipinski definition) is 2. The van der Waals surface area contributed by atoms with Crippen molar-refractivity contribution in [2.75, 3.05) is 6.61 Å². The summed E-state index contributed by atoms with van der Waals surface area (Å²) in [6.45, 7) is 0.811. The third kappa shape index (κ3) is 2.31. The summed E-state index contributed by atoms with van der Waals surface area (Å²) in [5.41, 5.74) is 2.62. The largest absolute Gasteiger partial charge is 0.493 e. The van der Waals surface area contributed by atoms with E-state index in [2.05, 4.69) is 29.2 Å². The van der Waals surface area contributed by atoms with Crippen LogP contribution in [0, 0.1) is 5.92 Å². The van der Waals surface area contributed by atoms with Crippen molar-refractivity contribution in [2.45, 2.75) is 12.8 Å². The van der Waals surface area contributed by atoms with Gasteiger partial charge in [0.1, 0.15) is 5.75 Å². The van der Waals surface area contributed by atoms with E-state index >= 15 is 0 Å². The first-order valence-electron chi connectivity index (χ1n) is 6.01. The smallest absolute Gasteiger partial charge is 0.122 e. The van der Waals surface area contributed by atoms with Crippen LogP contribution in [0.3, 0.4) is 0 Å². The summed E-state index contributed by atoms with van der Waals surface area (Å²) in [7, 11) is 0. The molecule has 1 atom stereocenters. The van der Waals surface area contributed by atoms with E-state index in [4.69, 9.17) is 4.74 Å². The Balaban J connectivity index is 1.72. The molecule has 86 valence electrons. The molecule has 0 aliphatic carbocycles. The average Bonchev–Trinajstić information content (AvgIpc) is 2.40. The molecule has 0 N–H and O–H groups in total. The molecule has 0 saturated carbocycles. The standard InChI is InChI=1S/C15H15NO/c1-2-6-15-14(5-1)9-13(11-17-15)8-12-4-3-7-16-10-12/h1-7,10,13H,8-9,11H2/t13-/m0/s1. The number of hydrogen-bond donors (Lipinski definition) is 0. The molecule has 0 radical (unpaired) electrons. The van der Waals surface area contributed by atoms with Gasteiger partial charge in [0.25, 0.3) is 0 Å². The van der Waals surface area contributed by atoms with E-state index in [1.54, 1.807) is 0 Å². The van der Waals surface area contributed by atoms with Gasteiger partial charge in [0.2, 0.25) is 0 Å². The summed E-state index contributed by atoms with van der Waals surface area (Å²) >= 11 is 0. The topological polar surface area (TPSA) is 22.1 Å². The van der Waals surface area contributed by atoms with Gasteiger partial charge in [0, 0.05) is 18.3 Å². The van der Waals surface area contributed by atoms with E-state index in [1.807, 2.05) is 24.5 Å². The fourth-order valence-corrected chi connectivity index (χ4v) is 2.37. The monoisotopic (exact) mass is 225 g/mol. The highest BCUT2D eigenvalue weighted by atomic mass is 16.5. The first kappa shape index (κ1) is 10.3. The van der Waals surface area contributed by atoms with Crippen LogP contribution >= 0.6 is 0 Å². The third-order valence-electron chi connectivity index (χ3n) is 3.20. The Morgan fingerprint density at radius 3 is 3.00 bits per heavy atom. The Bertz CT molecular complexity index is 495. The molecule has 2 aromatic rings. The molecule has 0 unspecified atom stereocenters. The van der Waals surface area contributed by atoms with Crippen molar-refractivity contribution in [3.05, 3.63) is 59.9 Å². The molecule has 1 aliphatic rings. The normalized spacial score (nSPS) is 18.2. The molecule has 3 rings (SSSR count). The van der Waals surface area contributed by atoms with Crippen LogP contribution in [0.2, 0.25) is 0 Å². The Labute approximate surface area is 101 Å². The Morgan fingerprint density at radius 2 is 2.12 bits per heavy atom.